The van der Waals surface area contributed by atoms with Crippen LogP contribution in [0.2, 0.25) is 5.02 Å². The number of methoxy groups -OCH3 is 2. The van der Waals surface area contributed by atoms with Gasteiger partial charge in [0.2, 0.25) is 0 Å². The lowest BCUT2D eigenvalue weighted by molar-refractivity contribution is 0.0600. The summed E-state index contributed by atoms with van der Waals surface area (Å²) in [6, 6.07) is 3.69. The number of rotatable bonds is 2. The van der Waals surface area contributed by atoms with Crippen LogP contribution in [-0.2, 0) is 4.74 Å². The van der Waals surface area contributed by atoms with Gasteiger partial charge in [0.25, 0.3) is 0 Å². The molecule has 0 bridgehead atoms. The second kappa shape index (κ2) is 4.82. The predicted octanol–water partition coefficient (Wildman–Crippen LogP) is 2.99. The number of carbonyl (C=O) groups is 1. The minimum absolute atomic E-state index is 0.253. The van der Waals surface area contributed by atoms with Crippen LogP contribution < -0.4 is 4.74 Å². The van der Waals surface area contributed by atoms with Crippen LogP contribution >= 0.6 is 11.6 Å². The first-order valence-corrected chi connectivity index (χ1v) is 5.68. The molecule has 1 aromatic carbocycles. The van der Waals surface area contributed by atoms with Gasteiger partial charge in [-0.1, -0.05) is 17.7 Å². The maximum absolute atomic E-state index is 11.6. The van der Waals surface area contributed by atoms with E-state index < -0.39 is 5.97 Å². The number of halogens is 1. The van der Waals surface area contributed by atoms with Gasteiger partial charge in [0, 0.05) is 11.6 Å². The average Bonchev–Trinajstić information content (AvgIpc) is 2.38. The van der Waals surface area contributed by atoms with Crippen molar-refractivity contribution in [2.75, 3.05) is 14.2 Å². The van der Waals surface area contributed by atoms with E-state index >= 15 is 0 Å². The third kappa shape index (κ3) is 1.88. The first-order chi connectivity index (χ1) is 8.60. The highest BCUT2D eigenvalue weighted by Gasteiger charge is 2.17. The van der Waals surface area contributed by atoms with Crippen molar-refractivity contribution < 1.29 is 14.3 Å². The Morgan fingerprint density at radius 3 is 2.67 bits per heavy atom. The summed E-state index contributed by atoms with van der Waals surface area (Å²) in [7, 11) is 2.87. The Hall–Kier alpha value is -1.81. The van der Waals surface area contributed by atoms with Crippen LogP contribution in [0.5, 0.6) is 5.75 Å². The van der Waals surface area contributed by atoms with Crippen LogP contribution in [0.15, 0.2) is 18.3 Å². The SMILES string of the molecule is COC(=O)c1cnc2c(OC)ccc(C)c2c1Cl. The van der Waals surface area contributed by atoms with E-state index in [0.29, 0.717) is 21.7 Å². The highest BCUT2D eigenvalue weighted by molar-refractivity contribution is 6.38. The van der Waals surface area contributed by atoms with Crippen molar-refractivity contribution in [3.8, 4) is 5.75 Å². The molecule has 0 N–H and O–H groups in total. The largest absolute Gasteiger partial charge is 0.494 e. The molecule has 0 amide bonds. The third-order valence-electron chi connectivity index (χ3n) is 2.75. The Balaban J connectivity index is 2.82. The van der Waals surface area contributed by atoms with E-state index in [1.165, 1.54) is 13.3 Å². The molecule has 2 aromatic rings. The van der Waals surface area contributed by atoms with Crippen molar-refractivity contribution in [3.63, 3.8) is 0 Å². The van der Waals surface area contributed by atoms with Crippen LogP contribution in [0.4, 0.5) is 0 Å². The fraction of sp³-hybridized carbons (Fsp3) is 0.231. The zero-order valence-electron chi connectivity index (χ0n) is 10.3. The molecule has 0 saturated heterocycles. The highest BCUT2D eigenvalue weighted by atomic mass is 35.5. The van der Waals surface area contributed by atoms with Crippen molar-refractivity contribution >= 4 is 28.5 Å². The number of aromatic nitrogens is 1. The van der Waals surface area contributed by atoms with Crippen molar-refractivity contribution in [1.82, 2.24) is 4.98 Å². The number of aryl methyl sites for hydroxylation is 1. The summed E-state index contributed by atoms with van der Waals surface area (Å²) >= 11 is 6.25. The van der Waals surface area contributed by atoms with Crippen molar-refractivity contribution in [2.45, 2.75) is 6.92 Å². The van der Waals surface area contributed by atoms with Crippen molar-refractivity contribution in [3.05, 3.63) is 34.5 Å². The van der Waals surface area contributed by atoms with Gasteiger partial charge in [-0.05, 0) is 18.6 Å². The van der Waals surface area contributed by atoms with Crippen LogP contribution in [0.1, 0.15) is 15.9 Å². The summed E-state index contributed by atoms with van der Waals surface area (Å²) in [6.45, 7) is 1.90. The molecule has 0 atom stereocenters. The molecule has 0 radical (unpaired) electrons. The summed E-state index contributed by atoms with van der Waals surface area (Å²) in [5.74, 6) is 0.116. The quantitative estimate of drug-likeness (QED) is 0.783. The molecule has 1 heterocycles. The summed E-state index contributed by atoms with van der Waals surface area (Å²) in [5.41, 5.74) is 1.81. The monoisotopic (exact) mass is 265 g/mol. The Morgan fingerprint density at radius 1 is 1.33 bits per heavy atom. The van der Waals surface area contributed by atoms with E-state index in [4.69, 9.17) is 16.3 Å². The third-order valence-corrected chi connectivity index (χ3v) is 3.15. The van der Waals surface area contributed by atoms with Crippen LogP contribution in [0.3, 0.4) is 0 Å². The first-order valence-electron chi connectivity index (χ1n) is 5.30. The smallest absolute Gasteiger partial charge is 0.340 e. The molecule has 4 nitrogen and oxygen atoms in total. The molecule has 0 aliphatic carbocycles. The maximum atomic E-state index is 11.6. The second-order valence-corrected chi connectivity index (χ2v) is 4.16. The van der Waals surface area contributed by atoms with Gasteiger partial charge in [0.15, 0.2) is 0 Å². The van der Waals surface area contributed by atoms with Crippen LogP contribution in [0.25, 0.3) is 10.9 Å². The topological polar surface area (TPSA) is 48.4 Å². The van der Waals surface area contributed by atoms with Gasteiger partial charge in [0.05, 0.1) is 24.8 Å². The molecule has 18 heavy (non-hydrogen) atoms. The Labute approximate surface area is 109 Å². The number of benzene rings is 1. The fourth-order valence-electron chi connectivity index (χ4n) is 1.82. The number of fused-ring (bicyclic) bond motifs is 1. The van der Waals surface area contributed by atoms with E-state index in [1.54, 1.807) is 7.11 Å². The molecule has 0 unspecified atom stereocenters. The second-order valence-electron chi connectivity index (χ2n) is 3.79. The molecule has 0 saturated carbocycles. The maximum Gasteiger partial charge on any atom is 0.340 e. The van der Waals surface area contributed by atoms with E-state index in [0.717, 1.165) is 5.56 Å². The van der Waals surface area contributed by atoms with Gasteiger partial charge in [-0.25, -0.2) is 4.79 Å². The molecule has 0 spiro atoms. The number of nitrogens with zero attached hydrogens (tertiary/aromatic N) is 1. The van der Waals surface area contributed by atoms with E-state index in [9.17, 15) is 4.79 Å². The number of hydrogen-bond acceptors (Lipinski definition) is 4. The van der Waals surface area contributed by atoms with Crippen LogP contribution in [-0.4, -0.2) is 25.2 Å². The summed E-state index contributed by atoms with van der Waals surface area (Å²) in [4.78, 5) is 15.8. The summed E-state index contributed by atoms with van der Waals surface area (Å²) < 4.78 is 9.89. The standard InChI is InChI=1S/C13H12ClNO3/c1-7-4-5-9(17-2)12-10(7)11(14)8(6-15-12)13(16)18-3/h4-6H,1-3H3. The molecule has 0 fully saturated rings. The van der Waals surface area contributed by atoms with E-state index in [2.05, 4.69) is 9.72 Å². The van der Waals surface area contributed by atoms with Gasteiger partial charge in [-0.2, -0.15) is 0 Å². The van der Waals surface area contributed by atoms with Crippen molar-refractivity contribution in [1.29, 1.82) is 0 Å². The molecule has 0 aliphatic heterocycles. The molecule has 0 aliphatic rings. The minimum Gasteiger partial charge on any atom is -0.494 e. The van der Waals surface area contributed by atoms with Gasteiger partial charge >= 0.3 is 5.97 Å². The number of esters is 1. The van der Waals surface area contributed by atoms with E-state index in [1.807, 2.05) is 19.1 Å². The number of ether oxygens (including phenoxy) is 2. The number of carbonyl (C=O) groups excluding carboxylic acids is 1. The Kier molecular flexibility index (Phi) is 3.39. The van der Waals surface area contributed by atoms with E-state index in [-0.39, 0.29) is 5.56 Å². The van der Waals surface area contributed by atoms with Crippen molar-refractivity contribution in [2.24, 2.45) is 0 Å². The minimum atomic E-state index is -0.503. The molecule has 5 heteroatoms. The summed E-state index contributed by atoms with van der Waals surface area (Å²) in [6.07, 6.45) is 1.40. The lowest BCUT2D eigenvalue weighted by Crippen LogP contribution is -2.04. The lowest BCUT2D eigenvalue weighted by Gasteiger charge is -2.10. The van der Waals surface area contributed by atoms with Gasteiger partial charge in [-0.15, -0.1) is 0 Å². The molecular weight excluding hydrogens is 254 g/mol. The lowest BCUT2D eigenvalue weighted by atomic mass is 10.1. The number of pyridine rings is 1. The summed E-state index contributed by atoms with van der Waals surface area (Å²) in [5, 5.41) is 1.04. The Morgan fingerprint density at radius 2 is 2.06 bits per heavy atom. The predicted molar refractivity (Wildman–Crippen MR) is 69.4 cm³/mol. The molecular formula is C13H12ClNO3. The van der Waals surface area contributed by atoms with Gasteiger partial charge < -0.3 is 9.47 Å². The normalized spacial score (nSPS) is 10.4. The molecule has 2 rings (SSSR count). The molecule has 1 aromatic heterocycles. The van der Waals surface area contributed by atoms with Gasteiger partial charge in [0.1, 0.15) is 11.3 Å². The van der Waals surface area contributed by atoms with Gasteiger partial charge in [-0.3, -0.25) is 4.98 Å². The fourth-order valence-corrected chi connectivity index (χ4v) is 2.18. The molecule has 94 valence electrons. The first kappa shape index (κ1) is 12.6. The zero-order chi connectivity index (χ0) is 13.3. The number of hydrogen-bond donors (Lipinski definition) is 0. The Bertz CT molecular complexity index is 625. The highest BCUT2D eigenvalue weighted by Crippen LogP contribution is 2.33. The van der Waals surface area contributed by atoms with Crippen LogP contribution in [0, 0.1) is 6.92 Å². The average molecular weight is 266 g/mol. The zero-order valence-corrected chi connectivity index (χ0v) is 11.0.